The minimum Gasteiger partial charge on any atom is -0.469 e. The topological polar surface area (TPSA) is 47.6 Å². The van der Waals surface area contributed by atoms with Gasteiger partial charge >= 0.3 is 5.97 Å². The zero-order valence-electron chi connectivity index (χ0n) is 13.3. The van der Waals surface area contributed by atoms with E-state index in [0.717, 1.165) is 26.0 Å². The highest BCUT2D eigenvalue weighted by Gasteiger charge is 2.14. The third kappa shape index (κ3) is 8.48. The number of rotatable bonds is 10. The molecule has 1 rings (SSSR count). The highest BCUT2D eigenvalue weighted by molar-refractivity contribution is 5.69. The van der Waals surface area contributed by atoms with Crippen LogP contribution < -0.4 is 5.32 Å². The van der Waals surface area contributed by atoms with Crippen molar-refractivity contribution in [2.75, 3.05) is 20.3 Å². The maximum Gasteiger partial charge on any atom is 0.307 e. The molecule has 21 heavy (non-hydrogen) atoms. The van der Waals surface area contributed by atoms with E-state index < -0.39 is 0 Å². The van der Waals surface area contributed by atoms with E-state index in [0.29, 0.717) is 6.42 Å². The van der Waals surface area contributed by atoms with Gasteiger partial charge in [-0.25, -0.2) is 0 Å². The van der Waals surface area contributed by atoms with E-state index in [9.17, 15) is 4.79 Å². The normalized spacial score (nSPS) is 12.4. The Bertz CT molecular complexity index is 392. The molecule has 0 amide bonds. The van der Waals surface area contributed by atoms with E-state index in [2.05, 4.69) is 17.4 Å². The first kappa shape index (κ1) is 17.7. The van der Waals surface area contributed by atoms with Crippen LogP contribution in [0.3, 0.4) is 0 Å². The average Bonchev–Trinajstić information content (AvgIpc) is 2.47. The quantitative estimate of drug-likeness (QED) is 0.532. The number of benzene rings is 1. The van der Waals surface area contributed by atoms with Gasteiger partial charge in [0.15, 0.2) is 0 Å². The molecule has 0 saturated heterocycles. The van der Waals surface area contributed by atoms with Gasteiger partial charge in [-0.3, -0.25) is 4.79 Å². The molecular weight excluding hydrogens is 266 g/mol. The lowest BCUT2D eigenvalue weighted by Crippen LogP contribution is -2.35. The number of esters is 1. The Hall–Kier alpha value is -1.39. The van der Waals surface area contributed by atoms with Crippen LogP contribution in [0.15, 0.2) is 30.3 Å². The Kier molecular flexibility index (Phi) is 8.71. The summed E-state index contributed by atoms with van der Waals surface area (Å²) in [6, 6.07) is 10.3. The highest BCUT2D eigenvalue weighted by atomic mass is 16.5. The maximum atomic E-state index is 11.5. The SMILES string of the molecule is COC(=O)CC(Cc1ccccc1)NCCCOC(C)C. The molecule has 0 aliphatic heterocycles. The lowest BCUT2D eigenvalue weighted by atomic mass is 10.0. The van der Waals surface area contributed by atoms with Crippen LogP contribution in [0.2, 0.25) is 0 Å². The molecule has 4 nitrogen and oxygen atoms in total. The second-order valence-corrected chi connectivity index (χ2v) is 5.39. The fraction of sp³-hybridized carbons (Fsp3) is 0.588. The van der Waals surface area contributed by atoms with E-state index in [1.165, 1.54) is 12.7 Å². The van der Waals surface area contributed by atoms with Gasteiger partial charge in [-0.2, -0.15) is 0 Å². The summed E-state index contributed by atoms with van der Waals surface area (Å²) in [6.45, 7) is 5.63. The van der Waals surface area contributed by atoms with Crippen LogP contribution in [0.1, 0.15) is 32.3 Å². The largest absolute Gasteiger partial charge is 0.469 e. The molecular formula is C17H27NO3. The summed E-state index contributed by atoms with van der Waals surface area (Å²) < 4.78 is 10.3. The maximum absolute atomic E-state index is 11.5. The first-order valence-electron chi connectivity index (χ1n) is 7.57. The first-order chi connectivity index (χ1) is 10.1. The number of hydrogen-bond donors (Lipinski definition) is 1. The van der Waals surface area contributed by atoms with E-state index in [4.69, 9.17) is 9.47 Å². The molecule has 1 unspecified atom stereocenters. The molecule has 0 radical (unpaired) electrons. The van der Waals surface area contributed by atoms with Crippen LogP contribution in [0.4, 0.5) is 0 Å². The number of hydrogen-bond acceptors (Lipinski definition) is 4. The number of methoxy groups -OCH3 is 1. The Morgan fingerprint density at radius 1 is 1.24 bits per heavy atom. The number of nitrogens with one attached hydrogen (secondary N) is 1. The molecule has 0 saturated carbocycles. The molecule has 0 aliphatic rings. The molecule has 1 atom stereocenters. The van der Waals surface area contributed by atoms with E-state index in [1.807, 2.05) is 32.0 Å². The van der Waals surface area contributed by atoms with Crippen LogP contribution in [-0.2, 0) is 20.7 Å². The molecule has 118 valence electrons. The third-order valence-corrected chi connectivity index (χ3v) is 3.17. The van der Waals surface area contributed by atoms with Crippen LogP contribution in [0.5, 0.6) is 0 Å². The van der Waals surface area contributed by atoms with Gasteiger partial charge in [0, 0.05) is 12.6 Å². The number of carbonyl (C=O) groups excluding carboxylic acids is 1. The van der Waals surface area contributed by atoms with Gasteiger partial charge in [0.1, 0.15) is 0 Å². The van der Waals surface area contributed by atoms with Crippen molar-refractivity contribution in [2.24, 2.45) is 0 Å². The van der Waals surface area contributed by atoms with Crippen molar-refractivity contribution in [3.8, 4) is 0 Å². The standard InChI is InChI=1S/C17H27NO3/c1-14(2)21-11-7-10-18-16(13-17(19)20-3)12-15-8-5-4-6-9-15/h4-6,8-9,14,16,18H,7,10-13H2,1-3H3. The summed E-state index contributed by atoms with van der Waals surface area (Å²) >= 11 is 0. The summed E-state index contributed by atoms with van der Waals surface area (Å²) in [4.78, 5) is 11.5. The molecule has 0 aliphatic carbocycles. The van der Waals surface area contributed by atoms with Crippen molar-refractivity contribution in [2.45, 2.75) is 45.3 Å². The van der Waals surface area contributed by atoms with Crippen LogP contribution in [0.25, 0.3) is 0 Å². The molecule has 1 N–H and O–H groups in total. The molecule has 1 aromatic carbocycles. The van der Waals surface area contributed by atoms with Gasteiger partial charge in [-0.1, -0.05) is 30.3 Å². The second-order valence-electron chi connectivity index (χ2n) is 5.39. The van der Waals surface area contributed by atoms with Gasteiger partial charge in [-0.05, 0) is 38.8 Å². The lowest BCUT2D eigenvalue weighted by molar-refractivity contribution is -0.141. The molecule has 0 bridgehead atoms. The smallest absolute Gasteiger partial charge is 0.307 e. The molecule has 0 fully saturated rings. The minimum atomic E-state index is -0.179. The third-order valence-electron chi connectivity index (χ3n) is 3.17. The molecule has 0 heterocycles. The summed E-state index contributed by atoms with van der Waals surface area (Å²) in [5.41, 5.74) is 1.22. The highest BCUT2D eigenvalue weighted by Crippen LogP contribution is 2.07. The van der Waals surface area contributed by atoms with Gasteiger partial charge in [-0.15, -0.1) is 0 Å². The van der Waals surface area contributed by atoms with Crippen molar-refractivity contribution in [1.29, 1.82) is 0 Å². The molecule has 4 heteroatoms. The van der Waals surface area contributed by atoms with Gasteiger partial charge in [0.2, 0.25) is 0 Å². The Balaban J connectivity index is 2.39. The number of carbonyl (C=O) groups is 1. The predicted molar refractivity (Wildman–Crippen MR) is 84.3 cm³/mol. The predicted octanol–water partition coefficient (Wildman–Crippen LogP) is 2.57. The lowest BCUT2D eigenvalue weighted by Gasteiger charge is -2.18. The summed E-state index contributed by atoms with van der Waals surface area (Å²) in [6.07, 6.45) is 2.40. The van der Waals surface area contributed by atoms with Gasteiger partial charge in [0.25, 0.3) is 0 Å². The zero-order chi connectivity index (χ0) is 15.5. The first-order valence-corrected chi connectivity index (χ1v) is 7.57. The summed E-state index contributed by atoms with van der Waals surface area (Å²) in [7, 11) is 1.43. The second kappa shape index (κ2) is 10.4. The van der Waals surface area contributed by atoms with Gasteiger partial charge in [0.05, 0.1) is 19.6 Å². The summed E-state index contributed by atoms with van der Waals surface area (Å²) in [5.74, 6) is -0.179. The number of ether oxygens (including phenoxy) is 2. The zero-order valence-corrected chi connectivity index (χ0v) is 13.3. The fourth-order valence-electron chi connectivity index (χ4n) is 2.10. The van der Waals surface area contributed by atoms with E-state index >= 15 is 0 Å². The Morgan fingerprint density at radius 3 is 2.57 bits per heavy atom. The van der Waals surface area contributed by atoms with Crippen LogP contribution in [0, 0.1) is 0 Å². The van der Waals surface area contributed by atoms with Crippen molar-refractivity contribution < 1.29 is 14.3 Å². The molecule has 1 aromatic rings. The van der Waals surface area contributed by atoms with Crippen molar-refractivity contribution >= 4 is 5.97 Å². The van der Waals surface area contributed by atoms with Crippen molar-refractivity contribution in [3.05, 3.63) is 35.9 Å². The minimum absolute atomic E-state index is 0.0962. The Labute approximate surface area is 127 Å². The average molecular weight is 293 g/mol. The van der Waals surface area contributed by atoms with Gasteiger partial charge < -0.3 is 14.8 Å². The van der Waals surface area contributed by atoms with E-state index in [-0.39, 0.29) is 18.1 Å². The Morgan fingerprint density at radius 2 is 1.95 bits per heavy atom. The monoisotopic (exact) mass is 293 g/mol. The van der Waals surface area contributed by atoms with Crippen LogP contribution in [-0.4, -0.2) is 38.4 Å². The fourth-order valence-corrected chi connectivity index (χ4v) is 2.10. The van der Waals surface area contributed by atoms with E-state index in [1.54, 1.807) is 0 Å². The van der Waals surface area contributed by atoms with Crippen molar-refractivity contribution in [1.82, 2.24) is 5.32 Å². The summed E-state index contributed by atoms with van der Waals surface area (Å²) in [5, 5.41) is 3.43. The van der Waals surface area contributed by atoms with Crippen molar-refractivity contribution in [3.63, 3.8) is 0 Å². The molecule has 0 spiro atoms. The molecule has 0 aromatic heterocycles. The van der Waals surface area contributed by atoms with Crippen LogP contribution >= 0.6 is 0 Å².